The second-order valence-corrected chi connectivity index (χ2v) is 4.38. The van der Waals surface area contributed by atoms with Gasteiger partial charge in [-0.05, 0) is 27.2 Å². The molecule has 1 fully saturated rings. The summed E-state index contributed by atoms with van der Waals surface area (Å²) in [5.41, 5.74) is -0.438. The van der Waals surface area contributed by atoms with Gasteiger partial charge in [0.25, 0.3) is 0 Å². The van der Waals surface area contributed by atoms with Crippen molar-refractivity contribution in [3.05, 3.63) is 0 Å². The number of ether oxygens (including phenoxy) is 3. The molecule has 4 heteroatoms. The van der Waals surface area contributed by atoms with Crippen LogP contribution in [0.1, 0.15) is 27.2 Å². The maximum atomic E-state index is 11.2. The Bertz CT molecular complexity index is 189. The maximum Gasteiger partial charge on any atom is 0.332 e. The summed E-state index contributed by atoms with van der Waals surface area (Å²) in [6.45, 7) is 6.84. The third-order valence-corrected chi connectivity index (χ3v) is 1.74. The third-order valence-electron chi connectivity index (χ3n) is 1.74. The van der Waals surface area contributed by atoms with E-state index in [0.29, 0.717) is 6.61 Å². The van der Waals surface area contributed by atoms with Crippen molar-refractivity contribution < 1.29 is 19.0 Å². The summed E-state index contributed by atoms with van der Waals surface area (Å²) >= 11 is 0. The smallest absolute Gasteiger partial charge is 0.332 e. The Balaban J connectivity index is 2.14. The molecule has 0 amide bonds. The number of hydrogen-bond acceptors (Lipinski definition) is 4. The highest BCUT2D eigenvalue weighted by Crippen LogP contribution is 2.10. The van der Waals surface area contributed by atoms with Crippen LogP contribution in [0.2, 0.25) is 0 Å². The van der Waals surface area contributed by atoms with Crippen LogP contribution in [0.5, 0.6) is 0 Å². The molecule has 1 aliphatic rings. The molecule has 0 saturated carbocycles. The monoisotopic (exact) mass is 202 g/mol. The minimum absolute atomic E-state index is 0.0191. The summed E-state index contributed by atoms with van der Waals surface area (Å²) in [7, 11) is 0. The molecule has 1 aliphatic heterocycles. The average molecular weight is 202 g/mol. The largest absolute Gasteiger partial charge is 0.458 e. The Morgan fingerprint density at radius 2 is 2.21 bits per heavy atom. The summed E-state index contributed by atoms with van der Waals surface area (Å²) in [6, 6.07) is 0. The van der Waals surface area contributed by atoms with Crippen molar-refractivity contribution in [2.24, 2.45) is 0 Å². The first-order chi connectivity index (χ1) is 6.47. The molecule has 0 aliphatic carbocycles. The minimum Gasteiger partial charge on any atom is -0.458 e. The normalized spacial score (nSPS) is 22.4. The highest BCUT2D eigenvalue weighted by atomic mass is 16.6. The molecule has 0 spiro atoms. The lowest BCUT2D eigenvalue weighted by molar-refractivity contribution is -0.162. The molecule has 0 N–H and O–H groups in total. The Kier molecular flexibility index (Phi) is 3.89. The van der Waals surface area contributed by atoms with Crippen molar-refractivity contribution in [3.8, 4) is 0 Å². The van der Waals surface area contributed by atoms with Crippen molar-refractivity contribution >= 4 is 5.97 Å². The molecule has 0 bridgehead atoms. The van der Waals surface area contributed by atoms with Gasteiger partial charge < -0.3 is 14.2 Å². The summed E-state index contributed by atoms with van der Waals surface area (Å²) in [6.07, 6.45) is 0.922. The van der Waals surface area contributed by atoms with Crippen LogP contribution in [0.3, 0.4) is 0 Å². The summed E-state index contributed by atoms with van der Waals surface area (Å²) in [5, 5.41) is 0. The molecule has 4 nitrogen and oxygen atoms in total. The van der Waals surface area contributed by atoms with Crippen molar-refractivity contribution in [2.75, 3.05) is 19.8 Å². The Hall–Kier alpha value is -0.610. The van der Waals surface area contributed by atoms with Gasteiger partial charge in [0.05, 0.1) is 12.7 Å². The highest BCUT2D eigenvalue weighted by molar-refractivity contribution is 5.71. The molecule has 0 aromatic carbocycles. The number of hydrogen-bond donors (Lipinski definition) is 0. The third kappa shape index (κ3) is 4.58. The Morgan fingerprint density at radius 1 is 1.50 bits per heavy atom. The van der Waals surface area contributed by atoms with Gasteiger partial charge in [-0.25, -0.2) is 4.79 Å². The van der Waals surface area contributed by atoms with Gasteiger partial charge in [-0.3, -0.25) is 0 Å². The molecule has 1 atom stereocenters. The Morgan fingerprint density at radius 3 is 2.71 bits per heavy atom. The van der Waals surface area contributed by atoms with E-state index in [2.05, 4.69) is 0 Å². The van der Waals surface area contributed by atoms with Gasteiger partial charge in [0.15, 0.2) is 0 Å². The quantitative estimate of drug-likeness (QED) is 0.644. The summed E-state index contributed by atoms with van der Waals surface area (Å²) in [5.74, 6) is -0.315. The van der Waals surface area contributed by atoms with Crippen molar-refractivity contribution in [3.63, 3.8) is 0 Å². The molecule has 1 saturated heterocycles. The van der Waals surface area contributed by atoms with Gasteiger partial charge in [-0.15, -0.1) is 0 Å². The van der Waals surface area contributed by atoms with Crippen LogP contribution >= 0.6 is 0 Å². The first-order valence-electron chi connectivity index (χ1n) is 4.88. The zero-order valence-electron chi connectivity index (χ0n) is 9.04. The lowest BCUT2D eigenvalue weighted by Crippen LogP contribution is -2.28. The van der Waals surface area contributed by atoms with Crippen molar-refractivity contribution in [2.45, 2.75) is 38.9 Å². The molecular weight excluding hydrogens is 184 g/mol. The van der Waals surface area contributed by atoms with E-state index >= 15 is 0 Å². The molecule has 0 unspecified atom stereocenters. The highest BCUT2D eigenvalue weighted by Gasteiger charge is 2.20. The van der Waals surface area contributed by atoms with Gasteiger partial charge in [-0.1, -0.05) is 0 Å². The predicted octanol–water partition coefficient (Wildman–Crippen LogP) is 1.13. The summed E-state index contributed by atoms with van der Waals surface area (Å²) < 4.78 is 15.5. The maximum absolute atomic E-state index is 11.2. The molecular formula is C10H18O4. The van der Waals surface area contributed by atoms with E-state index in [-0.39, 0.29) is 18.7 Å². The lowest BCUT2D eigenvalue weighted by atomic mass is 10.2. The van der Waals surface area contributed by atoms with Crippen molar-refractivity contribution in [1.82, 2.24) is 0 Å². The molecule has 0 aromatic rings. The van der Waals surface area contributed by atoms with E-state index in [1.807, 2.05) is 20.8 Å². The van der Waals surface area contributed by atoms with Crippen LogP contribution in [0.4, 0.5) is 0 Å². The van der Waals surface area contributed by atoms with Crippen LogP contribution in [0.15, 0.2) is 0 Å². The summed E-state index contributed by atoms with van der Waals surface area (Å²) in [4.78, 5) is 11.2. The van der Waals surface area contributed by atoms with E-state index < -0.39 is 5.60 Å². The van der Waals surface area contributed by atoms with Gasteiger partial charge >= 0.3 is 5.97 Å². The topological polar surface area (TPSA) is 44.8 Å². The van der Waals surface area contributed by atoms with Gasteiger partial charge in [-0.2, -0.15) is 0 Å². The zero-order chi connectivity index (χ0) is 10.6. The average Bonchev–Trinajstić information content (AvgIpc) is 2.49. The first-order valence-corrected chi connectivity index (χ1v) is 4.88. The molecule has 0 aromatic heterocycles. The Labute approximate surface area is 84.5 Å². The predicted molar refractivity (Wildman–Crippen MR) is 51.0 cm³/mol. The fourth-order valence-corrected chi connectivity index (χ4v) is 1.20. The van der Waals surface area contributed by atoms with Crippen LogP contribution in [0.25, 0.3) is 0 Å². The van der Waals surface area contributed by atoms with E-state index in [0.717, 1.165) is 13.0 Å². The van der Waals surface area contributed by atoms with E-state index in [1.165, 1.54) is 0 Å². The molecule has 82 valence electrons. The zero-order valence-corrected chi connectivity index (χ0v) is 9.04. The molecule has 1 heterocycles. The van der Waals surface area contributed by atoms with Gasteiger partial charge in [0.2, 0.25) is 0 Å². The molecule has 14 heavy (non-hydrogen) atoms. The van der Waals surface area contributed by atoms with Crippen LogP contribution in [0, 0.1) is 0 Å². The van der Waals surface area contributed by atoms with E-state index in [1.54, 1.807) is 0 Å². The molecule has 1 rings (SSSR count). The lowest BCUT2D eigenvalue weighted by Gasteiger charge is -2.20. The van der Waals surface area contributed by atoms with Gasteiger partial charge in [0, 0.05) is 6.61 Å². The SMILES string of the molecule is CC(C)(C)OC(=O)CO[C@H]1CCOC1. The molecule has 0 radical (unpaired) electrons. The van der Waals surface area contributed by atoms with Gasteiger partial charge in [0.1, 0.15) is 12.2 Å². The standard InChI is InChI=1S/C10H18O4/c1-10(2,3)14-9(11)7-13-8-4-5-12-6-8/h8H,4-7H2,1-3H3/t8-/m0/s1. The van der Waals surface area contributed by atoms with E-state index in [9.17, 15) is 4.79 Å². The minimum atomic E-state index is -0.438. The number of esters is 1. The number of rotatable bonds is 3. The van der Waals surface area contributed by atoms with Crippen molar-refractivity contribution in [1.29, 1.82) is 0 Å². The first kappa shape index (κ1) is 11.5. The fraction of sp³-hybridized carbons (Fsp3) is 0.900. The van der Waals surface area contributed by atoms with Crippen LogP contribution in [-0.2, 0) is 19.0 Å². The second-order valence-electron chi connectivity index (χ2n) is 4.38. The number of carbonyl (C=O) groups excluding carboxylic acids is 1. The van der Waals surface area contributed by atoms with Crippen LogP contribution < -0.4 is 0 Å². The fourth-order valence-electron chi connectivity index (χ4n) is 1.20. The van der Waals surface area contributed by atoms with E-state index in [4.69, 9.17) is 14.2 Å². The number of carbonyl (C=O) groups is 1. The van der Waals surface area contributed by atoms with Crippen LogP contribution in [-0.4, -0.2) is 37.5 Å². The second kappa shape index (κ2) is 4.75.